The predicted octanol–water partition coefficient (Wildman–Crippen LogP) is 3.43. The molecule has 2 rings (SSSR count). The highest BCUT2D eigenvalue weighted by Gasteiger charge is 2.26. The first-order valence-corrected chi connectivity index (χ1v) is 6.01. The standard InChI is InChI=1S/C9H10BrNS/c1-6(4-10)8-5-12-9(11-8)7-2-3-7/h5,7H,1-4H2. The number of nitrogens with zero attached hydrogens (tertiary/aromatic N) is 1. The third-order valence-electron chi connectivity index (χ3n) is 1.97. The molecule has 0 aromatic carbocycles. The van der Waals surface area contributed by atoms with E-state index in [4.69, 9.17) is 0 Å². The van der Waals surface area contributed by atoms with Crippen LogP contribution >= 0.6 is 27.3 Å². The lowest BCUT2D eigenvalue weighted by atomic mass is 10.3. The highest BCUT2D eigenvalue weighted by atomic mass is 79.9. The maximum absolute atomic E-state index is 4.53. The Morgan fingerprint density at radius 2 is 2.50 bits per heavy atom. The van der Waals surface area contributed by atoms with Crippen LogP contribution in [-0.2, 0) is 0 Å². The smallest absolute Gasteiger partial charge is 0.0963 e. The van der Waals surface area contributed by atoms with Gasteiger partial charge < -0.3 is 0 Å². The van der Waals surface area contributed by atoms with Gasteiger partial charge in [0.15, 0.2) is 0 Å². The van der Waals surface area contributed by atoms with E-state index in [1.165, 1.54) is 17.8 Å². The molecule has 1 aliphatic rings. The Morgan fingerprint density at radius 1 is 1.75 bits per heavy atom. The van der Waals surface area contributed by atoms with E-state index in [9.17, 15) is 0 Å². The van der Waals surface area contributed by atoms with Gasteiger partial charge in [0, 0.05) is 16.6 Å². The van der Waals surface area contributed by atoms with Gasteiger partial charge in [-0.05, 0) is 18.4 Å². The summed E-state index contributed by atoms with van der Waals surface area (Å²) in [6, 6.07) is 0. The largest absolute Gasteiger partial charge is 0.241 e. The number of aromatic nitrogens is 1. The molecule has 1 aromatic rings. The van der Waals surface area contributed by atoms with Crippen molar-refractivity contribution in [1.82, 2.24) is 4.98 Å². The van der Waals surface area contributed by atoms with Crippen LogP contribution in [0.4, 0.5) is 0 Å². The highest BCUT2D eigenvalue weighted by Crippen LogP contribution is 2.41. The molecule has 64 valence electrons. The third kappa shape index (κ3) is 1.62. The van der Waals surface area contributed by atoms with Crippen molar-refractivity contribution in [2.75, 3.05) is 5.33 Å². The molecule has 1 saturated carbocycles. The summed E-state index contributed by atoms with van der Waals surface area (Å²) >= 11 is 5.15. The second kappa shape index (κ2) is 3.30. The number of rotatable bonds is 3. The molecular formula is C9H10BrNS. The molecule has 0 aliphatic heterocycles. The van der Waals surface area contributed by atoms with E-state index >= 15 is 0 Å². The molecule has 1 aromatic heterocycles. The Morgan fingerprint density at radius 3 is 3.08 bits per heavy atom. The molecular weight excluding hydrogens is 234 g/mol. The zero-order valence-corrected chi connectivity index (χ0v) is 9.12. The summed E-state index contributed by atoms with van der Waals surface area (Å²) in [5, 5.41) is 4.23. The Hall–Kier alpha value is -0.150. The number of thiazole rings is 1. The molecule has 0 unspecified atom stereocenters. The Labute approximate surface area is 84.7 Å². The zero-order valence-electron chi connectivity index (χ0n) is 6.72. The van der Waals surface area contributed by atoms with Crippen molar-refractivity contribution in [2.45, 2.75) is 18.8 Å². The Kier molecular flexibility index (Phi) is 2.33. The minimum absolute atomic E-state index is 0.770. The molecule has 3 heteroatoms. The van der Waals surface area contributed by atoms with Crippen LogP contribution in [0.15, 0.2) is 12.0 Å². The summed E-state index contributed by atoms with van der Waals surface area (Å²) in [6.07, 6.45) is 2.65. The zero-order chi connectivity index (χ0) is 8.55. The van der Waals surface area contributed by atoms with Crippen LogP contribution in [0.3, 0.4) is 0 Å². The lowest BCUT2D eigenvalue weighted by Crippen LogP contribution is -1.84. The van der Waals surface area contributed by atoms with E-state index in [-0.39, 0.29) is 0 Å². The number of hydrogen-bond donors (Lipinski definition) is 0. The van der Waals surface area contributed by atoms with E-state index in [1.54, 1.807) is 11.3 Å². The van der Waals surface area contributed by atoms with Crippen LogP contribution in [0.25, 0.3) is 5.57 Å². The highest BCUT2D eigenvalue weighted by molar-refractivity contribution is 9.09. The minimum Gasteiger partial charge on any atom is -0.241 e. The van der Waals surface area contributed by atoms with E-state index in [2.05, 4.69) is 32.9 Å². The van der Waals surface area contributed by atoms with Gasteiger partial charge in [-0.2, -0.15) is 0 Å². The molecule has 1 fully saturated rings. The van der Waals surface area contributed by atoms with E-state index in [0.717, 1.165) is 22.5 Å². The molecule has 12 heavy (non-hydrogen) atoms. The maximum atomic E-state index is 4.53. The van der Waals surface area contributed by atoms with Gasteiger partial charge in [0.1, 0.15) is 0 Å². The molecule has 0 saturated heterocycles. The van der Waals surface area contributed by atoms with E-state index in [0.29, 0.717) is 0 Å². The molecule has 1 aliphatic carbocycles. The summed E-state index contributed by atoms with van der Waals surface area (Å²) in [5.74, 6) is 0.770. The summed E-state index contributed by atoms with van der Waals surface area (Å²) in [6.45, 7) is 3.93. The summed E-state index contributed by atoms with van der Waals surface area (Å²) < 4.78 is 0. The van der Waals surface area contributed by atoms with Crippen LogP contribution in [0, 0.1) is 0 Å². The van der Waals surface area contributed by atoms with Gasteiger partial charge in [-0.1, -0.05) is 22.5 Å². The van der Waals surface area contributed by atoms with Gasteiger partial charge in [0.25, 0.3) is 0 Å². The van der Waals surface area contributed by atoms with Gasteiger partial charge in [0.05, 0.1) is 10.7 Å². The van der Waals surface area contributed by atoms with Crippen molar-refractivity contribution in [2.24, 2.45) is 0 Å². The fourth-order valence-corrected chi connectivity index (χ4v) is 2.35. The average molecular weight is 244 g/mol. The second-order valence-corrected chi connectivity index (χ2v) is 4.53. The van der Waals surface area contributed by atoms with Crippen molar-refractivity contribution < 1.29 is 0 Å². The fraction of sp³-hybridized carbons (Fsp3) is 0.444. The minimum atomic E-state index is 0.770. The summed E-state index contributed by atoms with van der Waals surface area (Å²) in [4.78, 5) is 4.53. The number of allylic oxidation sites excluding steroid dienone is 1. The van der Waals surface area contributed by atoms with Crippen LogP contribution in [0.2, 0.25) is 0 Å². The first-order chi connectivity index (χ1) is 5.81. The molecule has 1 nitrogen and oxygen atoms in total. The van der Waals surface area contributed by atoms with Crippen LogP contribution in [0.5, 0.6) is 0 Å². The Bertz CT molecular complexity index is 301. The molecule has 0 N–H and O–H groups in total. The third-order valence-corrected chi connectivity index (χ3v) is 3.66. The predicted molar refractivity (Wildman–Crippen MR) is 56.9 cm³/mol. The van der Waals surface area contributed by atoms with Gasteiger partial charge in [-0.3, -0.25) is 0 Å². The summed E-state index contributed by atoms with van der Waals surface area (Å²) in [5.41, 5.74) is 2.15. The normalized spacial score (nSPS) is 16.4. The number of hydrogen-bond acceptors (Lipinski definition) is 2. The summed E-state index contributed by atoms with van der Waals surface area (Å²) in [7, 11) is 0. The first-order valence-electron chi connectivity index (χ1n) is 4.01. The van der Waals surface area contributed by atoms with Crippen LogP contribution < -0.4 is 0 Å². The molecule has 0 spiro atoms. The van der Waals surface area contributed by atoms with Crippen molar-refractivity contribution in [3.8, 4) is 0 Å². The molecule has 0 amide bonds. The van der Waals surface area contributed by atoms with Crippen LogP contribution in [0.1, 0.15) is 29.5 Å². The van der Waals surface area contributed by atoms with E-state index < -0.39 is 0 Å². The van der Waals surface area contributed by atoms with Gasteiger partial charge >= 0.3 is 0 Å². The van der Waals surface area contributed by atoms with Crippen molar-refractivity contribution in [3.63, 3.8) is 0 Å². The van der Waals surface area contributed by atoms with Gasteiger partial charge in [-0.15, -0.1) is 11.3 Å². The number of halogens is 1. The molecule has 1 heterocycles. The van der Waals surface area contributed by atoms with Crippen molar-refractivity contribution in [3.05, 3.63) is 22.7 Å². The molecule has 0 atom stereocenters. The van der Waals surface area contributed by atoms with Gasteiger partial charge in [-0.25, -0.2) is 4.98 Å². The fourth-order valence-electron chi connectivity index (χ4n) is 1.04. The van der Waals surface area contributed by atoms with E-state index in [1.807, 2.05) is 0 Å². The van der Waals surface area contributed by atoms with Crippen LogP contribution in [-0.4, -0.2) is 10.3 Å². The van der Waals surface area contributed by atoms with Crippen molar-refractivity contribution in [1.29, 1.82) is 0 Å². The lowest BCUT2D eigenvalue weighted by Gasteiger charge is -1.93. The molecule has 0 radical (unpaired) electrons. The molecule has 0 bridgehead atoms. The quantitative estimate of drug-likeness (QED) is 0.742. The first kappa shape index (κ1) is 8.45. The SMILES string of the molecule is C=C(CBr)c1csc(C2CC2)n1. The Balaban J connectivity index is 2.17. The monoisotopic (exact) mass is 243 g/mol. The van der Waals surface area contributed by atoms with Crippen molar-refractivity contribution >= 4 is 32.8 Å². The number of alkyl halides is 1. The lowest BCUT2D eigenvalue weighted by molar-refractivity contribution is 1.07. The average Bonchev–Trinajstić information content (AvgIpc) is 2.83. The maximum Gasteiger partial charge on any atom is 0.0963 e. The van der Waals surface area contributed by atoms with Gasteiger partial charge in [0.2, 0.25) is 0 Å². The second-order valence-electron chi connectivity index (χ2n) is 3.08. The topological polar surface area (TPSA) is 12.9 Å².